The smallest absolute Gasteiger partial charge is 0.416 e. The Morgan fingerprint density at radius 2 is 1.21 bits per heavy atom. The van der Waals surface area contributed by atoms with Crippen LogP contribution in [0.1, 0.15) is 85.7 Å². The Morgan fingerprint density at radius 1 is 0.627 bits per heavy atom. The van der Waals surface area contributed by atoms with Gasteiger partial charge in [0.1, 0.15) is 42.0 Å². The lowest BCUT2D eigenvalue weighted by atomic mass is 9.99. The lowest BCUT2D eigenvalue weighted by Gasteiger charge is -2.38. The van der Waals surface area contributed by atoms with E-state index >= 15 is 0 Å². The average molecular weight is 1440 g/mol. The number of fused-ring (bicyclic) bond motifs is 2. The van der Waals surface area contributed by atoms with E-state index in [0.717, 1.165) is 4.90 Å². The molecular weight excluding hydrogens is 1340 g/mol. The van der Waals surface area contributed by atoms with Gasteiger partial charge in [-0.15, -0.1) is 0 Å². The van der Waals surface area contributed by atoms with Gasteiger partial charge in [0.2, 0.25) is 18.1 Å². The van der Waals surface area contributed by atoms with Crippen LogP contribution in [0.25, 0.3) is 0 Å². The van der Waals surface area contributed by atoms with Crippen LogP contribution < -0.4 is 46.1 Å². The molecule has 34 heteroatoms. The number of carboxylic acid groups (broad SMARTS) is 1. The van der Waals surface area contributed by atoms with Crippen LogP contribution in [-0.2, 0) is 80.1 Å². The third-order valence-corrected chi connectivity index (χ3v) is 15.6. The molecular formula is C68H96N8O26. The van der Waals surface area contributed by atoms with Crippen molar-refractivity contribution in [3.63, 3.8) is 0 Å². The van der Waals surface area contributed by atoms with Crippen molar-refractivity contribution in [2.45, 2.75) is 114 Å². The van der Waals surface area contributed by atoms with E-state index in [2.05, 4.69) is 21.3 Å². The summed E-state index contributed by atoms with van der Waals surface area (Å²) < 4.78 is 79.5. The Labute approximate surface area is 590 Å². The number of aromatic nitrogens is 1. The summed E-state index contributed by atoms with van der Waals surface area (Å²) in [6, 6.07) is 13.9. The number of nitrogens with zero attached hydrogens (tertiary/aromatic N) is 3. The van der Waals surface area contributed by atoms with Crippen LogP contribution in [0.5, 0.6) is 17.2 Å². The third kappa shape index (κ3) is 25.6. The van der Waals surface area contributed by atoms with Gasteiger partial charge >= 0.3 is 18.2 Å². The number of amides is 6. The number of anilines is 5. The van der Waals surface area contributed by atoms with Gasteiger partial charge < -0.3 is 123 Å². The van der Waals surface area contributed by atoms with Crippen molar-refractivity contribution in [3.8, 4) is 17.2 Å². The van der Waals surface area contributed by atoms with Gasteiger partial charge in [-0.3, -0.25) is 24.5 Å². The van der Waals surface area contributed by atoms with E-state index in [1.807, 2.05) is 0 Å². The van der Waals surface area contributed by atoms with Crippen LogP contribution in [0.2, 0.25) is 0 Å². The largest absolute Gasteiger partial charge is 0.493 e. The topological polar surface area (TPSA) is 435 Å². The number of carbonyl (C=O) groups is 7. The maximum atomic E-state index is 14.6. The first-order chi connectivity index (χ1) is 49.0. The number of aliphatic carboxylic acids is 1. The van der Waals surface area contributed by atoms with Crippen molar-refractivity contribution in [1.82, 2.24) is 9.47 Å². The number of ether oxygens (including phenoxy) is 14. The first kappa shape index (κ1) is 81.0. The zero-order chi connectivity index (χ0) is 73.6. The van der Waals surface area contributed by atoms with Crippen molar-refractivity contribution >= 4 is 70.2 Å². The quantitative estimate of drug-likeness (QED) is 0.0283. The Bertz CT molecular complexity index is 3330. The number of hydrogen-bond donors (Lipinski definition) is 10. The molecule has 102 heavy (non-hydrogen) atoms. The first-order valence-corrected chi connectivity index (χ1v) is 33.6. The van der Waals surface area contributed by atoms with Crippen molar-refractivity contribution in [2.75, 3.05) is 159 Å². The van der Waals surface area contributed by atoms with Gasteiger partial charge in [-0.1, -0.05) is 6.07 Å². The van der Waals surface area contributed by atoms with E-state index in [1.165, 1.54) is 48.4 Å². The Morgan fingerprint density at radius 3 is 1.78 bits per heavy atom. The molecule has 11 N–H and O–H groups in total. The van der Waals surface area contributed by atoms with Crippen molar-refractivity contribution < 1.29 is 125 Å². The average Bonchev–Trinajstić information content (AvgIpc) is 1.50. The highest BCUT2D eigenvalue weighted by Crippen LogP contribution is 2.42. The molecule has 564 valence electrons. The fraction of sp³-hybridized carbons (Fsp3) is 0.574. The number of nitrogens with one attached hydrogen (secondary N) is 4. The predicted octanol–water partition coefficient (Wildman–Crippen LogP) is 3.59. The molecule has 7 rings (SSSR count). The van der Waals surface area contributed by atoms with Crippen molar-refractivity contribution in [2.24, 2.45) is 12.8 Å². The maximum absolute atomic E-state index is 14.6. The van der Waals surface area contributed by atoms with Gasteiger partial charge in [-0.05, 0) is 101 Å². The second-order valence-electron chi connectivity index (χ2n) is 24.5. The van der Waals surface area contributed by atoms with Crippen molar-refractivity contribution in [3.05, 3.63) is 83.7 Å². The van der Waals surface area contributed by atoms with E-state index in [0.29, 0.717) is 122 Å². The molecule has 3 aliphatic rings. The second kappa shape index (κ2) is 41.7. The number of aliphatic hydroxyl groups excluding tert-OH is 4. The maximum Gasteiger partial charge on any atom is 0.416 e. The molecule has 0 saturated carbocycles. The predicted molar refractivity (Wildman–Crippen MR) is 364 cm³/mol. The van der Waals surface area contributed by atoms with Crippen molar-refractivity contribution in [1.29, 1.82) is 0 Å². The van der Waals surface area contributed by atoms with E-state index in [4.69, 9.17) is 72.0 Å². The number of aryl methyl sites for hydroxylation is 1. The fourth-order valence-electron chi connectivity index (χ4n) is 10.6. The van der Waals surface area contributed by atoms with E-state index in [-0.39, 0.29) is 104 Å². The summed E-state index contributed by atoms with van der Waals surface area (Å²) in [4.78, 5) is 95.6. The number of benzene rings is 3. The number of piperidine rings is 1. The molecule has 0 radical (unpaired) electrons. The molecule has 0 bridgehead atoms. The van der Waals surface area contributed by atoms with Gasteiger partial charge in [-0.25, -0.2) is 19.3 Å². The van der Waals surface area contributed by atoms with Gasteiger partial charge in [-0.2, -0.15) is 0 Å². The van der Waals surface area contributed by atoms with Crippen LogP contribution in [0.15, 0.2) is 66.9 Å². The number of hydrogen-bond acceptors (Lipinski definition) is 26. The summed E-state index contributed by atoms with van der Waals surface area (Å²) in [6.45, 7) is 10.9. The zero-order valence-corrected chi connectivity index (χ0v) is 58.0. The van der Waals surface area contributed by atoms with Gasteiger partial charge in [0.15, 0.2) is 23.8 Å². The summed E-state index contributed by atoms with van der Waals surface area (Å²) in [5, 5.41) is 64.4. The molecule has 2 fully saturated rings. The highest BCUT2D eigenvalue weighted by atomic mass is 16.7. The number of carboxylic acids is 1. The molecule has 7 atom stereocenters. The minimum atomic E-state index is -2.02. The monoisotopic (exact) mass is 1440 g/mol. The SMILES string of the molecule is COc1cc2c(cc1OCCCC(=O)Nc1cc(C(=O)Nc3ccc(NC(=O)OC(C)(C)C)cc3)n(C)c1)N(C(=O)OCc1ccc(O[C@@H]3O[C@H](C(=O)O)[C@@H](O)[C@H](O)[C@H]3O)c(NC(=O)CCOCCOCCOCCOCCOCCOCCOCCOCCN)c1)C(O)[C@@H]1CCCCN1C2=O. The first-order valence-electron chi connectivity index (χ1n) is 33.6. The molecule has 1 aromatic heterocycles. The molecule has 4 aromatic rings. The summed E-state index contributed by atoms with van der Waals surface area (Å²) in [7, 11) is 3.00. The third-order valence-electron chi connectivity index (χ3n) is 15.6. The Hall–Kier alpha value is -8.33. The van der Waals surface area contributed by atoms with Crippen LogP contribution >= 0.6 is 0 Å². The lowest BCUT2D eigenvalue weighted by molar-refractivity contribution is -0.271. The molecule has 34 nitrogen and oxygen atoms in total. The number of rotatable bonds is 42. The van der Waals surface area contributed by atoms with Gasteiger partial charge in [0.25, 0.3) is 11.8 Å². The molecule has 4 heterocycles. The highest BCUT2D eigenvalue weighted by molar-refractivity contribution is 6.06. The summed E-state index contributed by atoms with van der Waals surface area (Å²) in [6.07, 6.45) is -10.2. The molecule has 3 aliphatic heterocycles. The molecule has 0 aliphatic carbocycles. The minimum absolute atomic E-state index is 0.0151. The van der Waals surface area contributed by atoms with Crippen LogP contribution in [0, 0.1) is 0 Å². The summed E-state index contributed by atoms with van der Waals surface area (Å²) >= 11 is 0. The molecule has 1 unspecified atom stereocenters. The Kier molecular flexibility index (Phi) is 33.1. The second-order valence-corrected chi connectivity index (χ2v) is 24.5. The van der Waals surface area contributed by atoms with Gasteiger partial charge in [0.05, 0.1) is 155 Å². The van der Waals surface area contributed by atoms with Crippen LogP contribution in [0.4, 0.5) is 38.0 Å². The van der Waals surface area contributed by atoms with E-state index in [1.54, 1.807) is 62.8 Å². The van der Waals surface area contributed by atoms with Crippen LogP contribution in [-0.4, -0.2) is 258 Å². The summed E-state index contributed by atoms with van der Waals surface area (Å²) in [5.41, 5.74) is 6.20. The van der Waals surface area contributed by atoms with E-state index in [9.17, 15) is 59.1 Å². The normalized spacial score (nSPS) is 18.8. The number of carbonyl (C=O) groups excluding carboxylic acids is 6. The number of nitrogens with two attached hydrogens (primary N) is 1. The summed E-state index contributed by atoms with van der Waals surface area (Å²) in [5.74, 6) is -3.68. The van der Waals surface area contributed by atoms with Crippen LogP contribution in [0.3, 0.4) is 0 Å². The lowest BCUT2D eigenvalue weighted by Crippen LogP contribution is -2.61. The number of methoxy groups -OCH3 is 1. The molecule has 0 spiro atoms. The molecule has 3 aromatic carbocycles. The fourth-order valence-corrected chi connectivity index (χ4v) is 10.6. The minimum Gasteiger partial charge on any atom is -0.493 e. The molecule has 2 saturated heterocycles. The number of aliphatic hydroxyl groups is 4. The highest BCUT2D eigenvalue weighted by Gasteiger charge is 2.49. The molecule has 6 amide bonds. The van der Waals surface area contributed by atoms with E-state index < -0.39 is 97.0 Å². The zero-order valence-electron chi connectivity index (χ0n) is 58.0. The Balaban J connectivity index is 0.907. The standard InChI is InChI=1S/C68H96N8O26/c1-68(2,3)102-66(87)72-45-14-12-44(13-15-45)71-61(82)51-38-46(41-74(51)4)70-55(77)10-8-20-98-54-40-50-47(39-53(54)89-5)62(83)75-19-7-6-9-49(75)63(84)76(50)67(88)99-42-43-11-16-52(100-65-59(81)57(79)58(80)60(101-65)64(85)86)48(37-43)73-56(78)17-21-90-23-25-92-27-29-94-31-33-96-35-36-97-34-32-95-30-28-93-26-24-91-22-18-69/h11-16,37-41,49,57-60,63,65,79-81,84H,6-10,17-36,42,69H2,1-5H3,(H,70,77)(H,71,82)(H,72,87)(H,73,78)(H,85,86)/t49-,57-,58-,59+,60-,63?,65+/m0/s1. The van der Waals surface area contributed by atoms with Gasteiger partial charge in [0, 0.05) is 50.2 Å².